The number of ether oxygens (including phenoxy) is 1. The van der Waals surface area contributed by atoms with E-state index in [0.717, 1.165) is 16.2 Å². The van der Waals surface area contributed by atoms with E-state index < -0.39 is 5.97 Å². The number of imidazole rings is 1. The normalized spacial score (nSPS) is 10.9. The molecule has 3 aromatic rings. The third-order valence-electron chi connectivity index (χ3n) is 3.82. The van der Waals surface area contributed by atoms with Crippen LogP contribution in [0.1, 0.15) is 23.1 Å². The van der Waals surface area contributed by atoms with Gasteiger partial charge in [-0.25, -0.2) is 19.7 Å². The zero-order valence-corrected chi connectivity index (χ0v) is 16.0. The molecular weight excluding hydrogens is 366 g/mol. The molecule has 0 bridgehead atoms. The number of aromatic amines is 1. The smallest absolute Gasteiger partial charge is 0.343 e. The number of hydrogen-bond acceptors (Lipinski definition) is 8. The second-order valence-corrected chi connectivity index (χ2v) is 6.70. The standard InChI is InChI=1S/C18H21N5O3S/c1-3-26-17(25)12-10-19-15(22-16(12)23(2)8-9-24)11-27-18-20-13-6-4-5-7-14(13)21-18/h4-7,10,24H,3,8-9,11H2,1-2H3,(H,20,21). The first kappa shape index (κ1) is 19.1. The number of thioether (sulfide) groups is 1. The fourth-order valence-corrected chi connectivity index (χ4v) is 3.26. The van der Waals surface area contributed by atoms with Gasteiger partial charge in [-0.1, -0.05) is 23.9 Å². The van der Waals surface area contributed by atoms with Crippen molar-refractivity contribution in [2.24, 2.45) is 0 Å². The number of nitrogens with zero attached hydrogens (tertiary/aromatic N) is 4. The molecule has 0 aliphatic carbocycles. The summed E-state index contributed by atoms with van der Waals surface area (Å²) in [6.45, 7) is 2.31. The maximum atomic E-state index is 12.2. The van der Waals surface area contributed by atoms with Crippen molar-refractivity contribution in [3.05, 3.63) is 41.9 Å². The van der Waals surface area contributed by atoms with Gasteiger partial charge in [-0.05, 0) is 19.1 Å². The summed E-state index contributed by atoms with van der Waals surface area (Å²) in [5.41, 5.74) is 2.16. The quantitative estimate of drug-likeness (QED) is 0.448. The Morgan fingerprint density at radius 3 is 2.89 bits per heavy atom. The van der Waals surface area contributed by atoms with Crippen LogP contribution in [0.3, 0.4) is 0 Å². The van der Waals surface area contributed by atoms with Crippen molar-refractivity contribution in [3.63, 3.8) is 0 Å². The van der Waals surface area contributed by atoms with Crippen molar-refractivity contribution >= 4 is 34.6 Å². The predicted molar refractivity (Wildman–Crippen MR) is 104 cm³/mol. The highest BCUT2D eigenvalue weighted by molar-refractivity contribution is 7.98. The highest BCUT2D eigenvalue weighted by Crippen LogP contribution is 2.24. The Bertz CT molecular complexity index is 897. The summed E-state index contributed by atoms with van der Waals surface area (Å²) in [6, 6.07) is 7.81. The van der Waals surface area contributed by atoms with Crippen molar-refractivity contribution < 1.29 is 14.6 Å². The van der Waals surface area contributed by atoms with Gasteiger partial charge in [0.15, 0.2) is 5.16 Å². The molecule has 142 valence electrons. The number of aromatic nitrogens is 4. The molecule has 8 nitrogen and oxygen atoms in total. The fraction of sp³-hybridized carbons (Fsp3) is 0.333. The number of hydrogen-bond donors (Lipinski definition) is 2. The zero-order chi connectivity index (χ0) is 19.2. The van der Waals surface area contributed by atoms with Crippen LogP contribution in [0.15, 0.2) is 35.6 Å². The Morgan fingerprint density at radius 2 is 2.15 bits per heavy atom. The second kappa shape index (κ2) is 8.83. The first-order chi connectivity index (χ1) is 13.1. The molecule has 0 radical (unpaired) electrons. The Morgan fingerprint density at radius 1 is 1.33 bits per heavy atom. The lowest BCUT2D eigenvalue weighted by molar-refractivity contribution is 0.0526. The summed E-state index contributed by atoms with van der Waals surface area (Å²) in [5.74, 6) is 1.02. The summed E-state index contributed by atoms with van der Waals surface area (Å²) < 4.78 is 5.07. The van der Waals surface area contributed by atoms with E-state index in [1.54, 1.807) is 18.9 Å². The Labute approximate surface area is 161 Å². The Kier molecular flexibility index (Phi) is 6.25. The van der Waals surface area contributed by atoms with E-state index in [1.807, 2.05) is 24.3 Å². The van der Waals surface area contributed by atoms with Gasteiger partial charge in [-0.2, -0.15) is 0 Å². The van der Waals surface area contributed by atoms with Gasteiger partial charge >= 0.3 is 5.97 Å². The van der Waals surface area contributed by atoms with Gasteiger partial charge in [0.05, 0.1) is 30.0 Å². The number of nitrogens with one attached hydrogen (secondary N) is 1. The third-order valence-corrected chi connectivity index (χ3v) is 4.69. The minimum absolute atomic E-state index is 0.0498. The van der Waals surface area contributed by atoms with Crippen LogP contribution in [0.4, 0.5) is 5.82 Å². The molecule has 0 fully saturated rings. The zero-order valence-electron chi connectivity index (χ0n) is 15.2. The maximum Gasteiger partial charge on any atom is 0.343 e. The van der Waals surface area contributed by atoms with Crippen LogP contribution in [0, 0.1) is 0 Å². The average Bonchev–Trinajstić information content (AvgIpc) is 3.09. The van der Waals surface area contributed by atoms with E-state index in [0.29, 0.717) is 23.9 Å². The number of esters is 1. The number of para-hydroxylation sites is 2. The Balaban J connectivity index is 1.80. The van der Waals surface area contributed by atoms with E-state index in [-0.39, 0.29) is 18.8 Å². The molecule has 0 amide bonds. The summed E-state index contributed by atoms with van der Waals surface area (Å²) >= 11 is 1.48. The van der Waals surface area contributed by atoms with Gasteiger partial charge < -0.3 is 19.7 Å². The number of H-pyrrole nitrogens is 1. The molecule has 0 atom stereocenters. The SMILES string of the molecule is CCOC(=O)c1cnc(CSc2nc3ccccc3[nH]2)nc1N(C)CCO. The largest absolute Gasteiger partial charge is 0.462 e. The average molecular weight is 387 g/mol. The van der Waals surface area contributed by atoms with Gasteiger partial charge in [0.2, 0.25) is 0 Å². The topological polar surface area (TPSA) is 104 Å². The molecular formula is C18H21N5O3S. The number of anilines is 1. The molecule has 0 aliphatic rings. The monoisotopic (exact) mass is 387 g/mol. The minimum atomic E-state index is -0.478. The van der Waals surface area contributed by atoms with Gasteiger partial charge in [0.25, 0.3) is 0 Å². The number of carbonyl (C=O) groups is 1. The molecule has 2 N–H and O–H groups in total. The number of likely N-dealkylation sites (N-methyl/N-ethyl adjacent to an activating group) is 1. The second-order valence-electron chi connectivity index (χ2n) is 5.74. The molecule has 27 heavy (non-hydrogen) atoms. The van der Waals surface area contributed by atoms with Crippen LogP contribution >= 0.6 is 11.8 Å². The molecule has 0 spiro atoms. The first-order valence-electron chi connectivity index (χ1n) is 8.55. The summed E-state index contributed by atoms with van der Waals surface area (Å²) in [6.07, 6.45) is 1.47. The van der Waals surface area contributed by atoms with Crippen molar-refractivity contribution in [2.75, 3.05) is 31.7 Å². The van der Waals surface area contributed by atoms with E-state index >= 15 is 0 Å². The van der Waals surface area contributed by atoms with E-state index in [1.165, 1.54) is 18.0 Å². The molecule has 0 saturated heterocycles. The summed E-state index contributed by atoms with van der Waals surface area (Å²) in [7, 11) is 1.76. The predicted octanol–water partition coefficient (Wildman–Crippen LogP) is 2.25. The van der Waals surface area contributed by atoms with Crippen LogP contribution in [0.25, 0.3) is 11.0 Å². The molecule has 0 saturated carbocycles. The number of carbonyl (C=O) groups excluding carboxylic acids is 1. The van der Waals surface area contributed by atoms with Crippen molar-refractivity contribution in [1.82, 2.24) is 19.9 Å². The first-order valence-corrected chi connectivity index (χ1v) is 9.53. The van der Waals surface area contributed by atoms with Gasteiger partial charge in [-0.3, -0.25) is 0 Å². The van der Waals surface area contributed by atoms with E-state index in [2.05, 4.69) is 19.9 Å². The molecule has 2 aromatic heterocycles. The fourth-order valence-electron chi connectivity index (χ4n) is 2.51. The number of aliphatic hydroxyl groups excluding tert-OH is 1. The lowest BCUT2D eigenvalue weighted by Crippen LogP contribution is -2.26. The highest BCUT2D eigenvalue weighted by atomic mass is 32.2. The minimum Gasteiger partial charge on any atom is -0.462 e. The van der Waals surface area contributed by atoms with Gasteiger partial charge in [-0.15, -0.1) is 0 Å². The van der Waals surface area contributed by atoms with Crippen molar-refractivity contribution in [1.29, 1.82) is 0 Å². The number of fused-ring (bicyclic) bond motifs is 1. The Hall–Kier alpha value is -2.65. The lowest BCUT2D eigenvalue weighted by atomic mass is 10.3. The third kappa shape index (κ3) is 4.55. The molecule has 1 aromatic carbocycles. The van der Waals surface area contributed by atoms with Crippen molar-refractivity contribution in [2.45, 2.75) is 17.8 Å². The number of benzene rings is 1. The number of aliphatic hydroxyl groups is 1. The summed E-state index contributed by atoms with van der Waals surface area (Å²) in [4.78, 5) is 30.4. The van der Waals surface area contributed by atoms with Crippen LogP contribution in [0.2, 0.25) is 0 Å². The lowest BCUT2D eigenvalue weighted by Gasteiger charge is -2.19. The van der Waals surface area contributed by atoms with Crippen LogP contribution in [0.5, 0.6) is 0 Å². The van der Waals surface area contributed by atoms with Crippen LogP contribution in [-0.4, -0.2) is 57.8 Å². The molecule has 2 heterocycles. The van der Waals surface area contributed by atoms with Gasteiger partial charge in [0.1, 0.15) is 17.2 Å². The van der Waals surface area contributed by atoms with Crippen LogP contribution < -0.4 is 4.90 Å². The molecule has 9 heteroatoms. The maximum absolute atomic E-state index is 12.2. The van der Waals surface area contributed by atoms with Gasteiger partial charge in [0, 0.05) is 19.8 Å². The molecule has 0 unspecified atom stereocenters. The highest BCUT2D eigenvalue weighted by Gasteiger charge is 2.19. The van der Waals surface area contributed by atoms with E-state index in [9.17, 15) is 9.90 Å². The summed E-state index contributed by atoms with van der Waals surface area (Å²) in [5, 5.41) is 9.98. The van der Waals surface area contributed by atoms with E-state index in [4.69, 9.17) is 4.74 Å². The number of rotatable bonds is 8. The molecule has 0 aliphatic heterocycles. The van der Waals surface area contributed by atoms with Crippen LogP contribution in [-0.2, 0) is 10.5 Å². The van der Waals surface area contributed by atoms with Crippen molar-refractivity contribution in [3.8, 4) is 0 Å². The molecule has 3 rings (SSSR count).